The van der Waals surface area contributed by atoms with Crippen LogP contribution in [0.15, 0.2) is 88.7 Å². The Morgan fingerprint density at radius 2 is 1.40 bits per heavy atom. The van der Waals surface area contributed by atoms with Gasteiger partial charge in [0.05, 0.1) is 4.90 Å². The summed E-state index contributed by atoms with van der Waals surface area (Å²) in [4.78, 5) is 23.1. The van der Waals surface area contributed by atoms with E-state index in [4.69, 9.17) is 5.73 Å². The average molecular weight is 426 g/mol. The Morgan fingerprint density at radius 3 is 1.90 bits per heavy atom. The summed E-state index contributed by atoms with van der Waals surface area (Å²) in [6.07, 6.45) is 1.21. The number of aryl methyl sites for hydroxylation is 1. The first-order chi connectivity index (χ1) is 14.4. The SMILES string of the molecule is NC(=O)CCn1cc(S(=O)(=O)N(Cc2ccccc2)Cc2ccccc2)ccc1=O. The predicted molar refractivity (Wildman–Crippen MR) is 114 cm³/mol. The molecule has 0 spiro atoms. The summed E-state index contributed by atoms with van der Waals surface area (Å²) in [7, 11) is -3.92. The van der Waals surface area contributed by atoms with Crippen LogP contribution in [0.25, 0.3) is 0 Å². The van der Waals surface area contributed by atoms with Crippen molar-refractivity contribution in [3.8, 4) is 0 Å². The summed E-state index contributed by atoms with van der Waals surface area (Å²) in [5.41, 5.74) is 6.45. The number of rotatable bonds is 9. The molecule has 0 fully saturated rings. The quantitative estimate of drug-likeness (QED) is 0.567. The fraction of sp³-hybridized carbons (Fsp3) is 0.182. The van der Waals surface area contributed by atoms with Crippen LogP contribution >= 0.6 is 0 Å². The van der Waals surface area contributed by atoms with Crippen LogP contribution in [-0.2, 0) is 34.5 Å². The molecule has 0 atom stereocenters. The summed E-state index contributed by atoms with van der Waals surface area (Å²) in [6.45, 7) is 0.381. The molecule has 0 bridgehead atoms. The van der Waals surface area contributed by atoms with Gasteiger partial charge >= 0.3 is 0 Å². The third-order valence-electron chi connectivity index (χ3n) is 4.60. The number of nitrogens with zero attached hydrogens (tertiary/aromatic N) is 2. The highest BCUT2D eigenvalue weighted by molar-refractivity contribution is 7.89. The van der Waals surface area contributed by atoms with Crippen molar-refractivity contribution < 1.29 is 13.2 Å². The normalized spacial score (nSPS) is 11.5. The second kappa shape index (κ2) is 9.51. The zero-order chi connectivity index (χ0) is 21.6. The number of benzene rings is 2. The average Bonchev–Trinajstić information content (AvgIpc) is 2.74. The van der Waals surface area contributed by atoms with E-state index in [0.29, 0.717) is 0 Å². The molecule has 2 N–H and O–H groups in total. The third-order valence-corrected chi connectivity index (χ3v) is 6.37. The number of aromatic nitrogens is 1. The highest BCUT2D eigenvalue weighted by Gasteiger charge is 2.26. The molecule has 1 amide bonds. The molecule has 0 saturated carbocycles. The molecular weight excluding hydrogens is 402 g/mol. The number of nitrogens with two attached hydrogens (primary N) is 1. The van der Waals surface area contributed by atoms with Gasteiger partial charge in [0.1, 0.15) is 0 Å². The molecule has 1 heterocycles. The first-order valence-corrected chi connectivity index (χ1v) is 10.9. The molecule has 0 aliphatic heterocycles. The van der Waals surface area contributed by atoms with Crippen LogP contribution in [0.1, 0.15) is 17.5 Å². The first kappa shape index (κ1) is 21.5. The van der Waals surface area contributed by atoms with E-state index >= 15 is 0 Å². The zero-order valence-corrected chi connectivity index (χ0v) is 17.2. The number of sulfonamides is 1. The van der Waals surface area contributed by atoms with Crippen molar-refractivity contribution in [2.45, 2.75) is 31.0 Å². The van der Waals surface area contributed by atoms with E-state index in [0.717, 1.165) is 11.1 Å². The van der Waals surface area contributed by atoms with E-state index in [1.807, 2.05) is 60.7 Å². The van der Waals surface area contributed by atoms with Gasteiger partial charge in [0.2, 0.25) is 15.9 Å². The van der Waals surface area contributed by atoms with Crippen LogP contribution < -0.4 is 11.3 Å². The maximum absolute atomic E-state index is 13.5. The van der Waals surface area contributed by atoms with Gasteiger partial charge in [-0.2, -0.15) is 4.31 Å². The van der Waals surface area contributed by atoms with E-state index in [2.05, 4.69) is 0 Å². The standard InChI is InChI=1S/C22H23N3O4S/c23-21(26)13-14-24-17-20(11-12-22(24)27)30(28,29)25(15-18-7-3-1-4-8-18)16-19-9-5-2-6-10-19/h1-12,17H,13-16H2,(H2,23,26). The second-order valence-electron chi connectivity index (χ2n) is 6.86. The molecule has 0 unspecified atom stereocenters. The summed E-state index contributed by atoms with van der Waals surface area (Å²) in [5, 5.41) is 0. The summed E-state index contributed by atoms with van der Waals surface area (Å²) in [6, 6.07) is 21.1. The van der Waals surface area contributed by atoms with Gasteiger partial charge in [-0.15, -0.1) is 0 Å². The van der Waals surface area contributed by atoms with Gasteiger partial charge in [0, 0.05) is 38.3 Å². The Labute approximate surface area is 175 Å². The van der Waals surface area contributed by atoms with E-state index in [1.54, 1.807) is 0 Å². The second-order valence-corrected chi connectivity index (χ2v) is 8.79. The van der Waals surface area contributed by atoms with Gasteiger partial charge in [0.25, 0.3) is 5.56 Å². The van der Waals surface area contributed by atoms with Crippen LogP contribution in [0.4, 0.5) is 0 Å². The lowest BCUT2D eigenvalue weighted by atomic mass is 10.2. The van der Waals surface area contributed by atoms with E-state index in [1.165, 1.54) is 27.2 Å². The molecule has 3 aromatic rings. The fourth-order valence-corrected chi connectivity index (χ4v) is 4.45. The number of hydrogen-bond acceptors (Lipinski definition) is 4. The van der Waals surface area contributed by atoms with Gasteiger partial charge < -0.3 is 10.3 Å². The number of hydrogen-bond donors (Lipinski definition) is 1. The number of carbonyl (C=O) groups excluding carboxylic acids is 1. The Hall–Kier alpha value is -3.23. The molecule has 0 aliphatic carbocycles. The molecule has 1 aromatic heterocycles. The Balaban J connectivity index is 1.97. The maximum Gasteiger partial charge on any atom is 0.250 e. The van der Waals surface area contributed by atoms with Crippen LogP contribution in [0.2, 0.25) is 0 Å². The third kappa shape index (κ3) is 5.43. The molecule has 8 heteroatoms. The van der Waals surface area contributed by atoms with E-state index in [9.17, 15) is 18.0 Å². The van der Waals surface area contributed by atoms with Crippen LogP contribution in [-0.4, -0.2) is 23.2 Å². The van der Waals surface area contributed by atoms with Crippen molar-refractivity contribution in [2.24, 2.45) is 5.73 Å². The number of carbonyl (C=O) groups is 1. The number of pyridine rings is 1. The van der Waals surface area contributed by atoms with Crippen molar-refractivity contribution >= 4 is 15.9 Å². The van der Waals surface area contributed by atoms with Crippen LogP contribution in [0, 0.1) is 0 Å². The van der Waals surface area contributed by atoms with Crippen molar-refractivity contribution in [1.29, 1.82) is 0 Å². The van der Waals surface area contributed by atoms with Crippen LogP contribution in [0.5, 0.6) is 0 Å². The van der Waals surface area contributed by atoms with Crippen molar-refractivity contribution in [2.75, 3.05) is 0 Å². The minimum absolute atomic E-state index is 0.0153. The number of amides is 1. The van der Waals surface area contributed by atoms with Crippen molar-refractivity contribution in [1.82, 2.24) is 8.87 Å². The highest BCUT2D eigenvalue weighted by Crippen LogP contribution is 2.20. The minimum atomic E-state index is -3.92. The molecule has 30 heavy (non-hydrogen) atoms. The Morgan fingerprint density at radius 1 is 0.867 bits per heavy atom. The van der Waals surface area contributed by atoms with Gasteiger partial charge in [-0.3, -0.25) is 9.59 Å². The van der Waals surface area contributed by atoms with Crippen molar-refractivity contribution in [3.63, 3.8) is 0 Å². The molecule has 3 rings (SSSR count). The highest BCUT2D eigenvalue weighted by atomic mass is 32.2. The summed E-state index contributed by atoms with van der Waals surface area (Å²) in [5.74, 6) is -0.565. The van der Waals surface area contributed by atoms with Crippen molar-refractivity contribution in [3.05, 3.63) is 100 Å². The molecular formula is C22H23N3O4S. The monoisotopic (exact) mass is 425 g/mol. The van der Waals surface area contributed by atoms with Gasteiger partial charge in [-0.25, -0.2) is 8.42 Å². The molecule has 2 aromatic carbocycles. The smallest absolute Gasteiger partial charge is 0.250 e. The summed E-state index contributed by atoms with van der Waals surface area (Å²) < 4.78 is 29.5. The predicted octanol–water partition coefficient (Wildman–Crippen LogP) is 2.11. The van der Waals surface area contributed by atoms with Gasteiger partial charge in [-0.05, 0) is 17.2 Å². The molecule has 0 saturated heterocycles. The van der Waals surface area contributed by atoms with E-state index < -0.39 is 21.5 Å². The lowest BCUT2D eigenvalue weighted by molar-refractivity contribution is -0.118. The molecule has 156 valence electrons. The first-order valence-electron chi connectivity index (χ1n) is 9.43. The Bertz CT molecular complexity index is 1120. The largest absolute Gasteiger partial charge is 0.370 e. The topological polar surface area (TPSA) is 102 Å². The fourth-order valence-electron chi connectivity index (χ4n) is 3.02. The van der Waals surface area contributed by atoms with Crippen LogP contribution in [0.3, 0.4) is 0 Å². The Kier molecular flexibility index (Phi) is 6.81. The van der Waals surface area contributed by atoms with Gasteiger partial charge in [-0.1, -0.05) is 60.7 Å². The maximum atomic E-state index is 13.5. The lowest BCUT2D eigenvalue weighted by Crippen LogP contribution is -2.32. The molecule has 0 radical (unpaired) electrons. The summed E-state index contributed by atoms with van der Waals surface area (Å²) >= 11 is 0. The van der Waals surface area contributed by atoms with Gasteiger partial charge in [0.15, 0.2) is 0 Å². The molecule has 7 nitrogen and oxygen atoms in total. The molecule has 0 aliphatic rings. The number of primary amides is 1. The minimum Gasteiger partial charge on any atom is -0.370 e. The lowest BCUT2D eigenvalue weighted by Gasteiger charge is -2.23. The zero-order valence-electron chi connectivity index (χ0n) is 16.3. The van der Waals surface area contributed by atoms with E-state index in [-0.39, 0.29) is 31.0 Å².